The zero-order chi connectivity index (χ0) is 15.9. The minimum Gasteiger partial charge on any atom is -0.454 e. The Bertz CT molecular complexity index is 673. The summed E-state index contributed by atoms with van der Waals surface area (Å²) in [7, 11) is 3.98. The van der Waals surface area contributed by atoms with Gasteiger partial charge >= 0.3 is 0 Å². The number of hydrogen-bond acceptors (Lipinski definition) is 4. The van der Waals surface area contributed by atoms with Gasteiger partial charge in [0.05, 0.1) is 6.54 Å². The van der Waals surface area contributed by atoms with Crippen LogP contribution in [-0.2, 0) is 6.54 Å². The third kappa shape index (κ3) is 4.60. The molecule has 0 aliphatic heterocycles. The number of rotatable bonds is 7. The van der Waals surface area contributed by atoms with Crippen molar-refractivity contribution in [2.24, 2.45) is 0 Å². The van der Waals surface area contributed by atoms with E-state index < -0.39 is 0 Å². The van der Waals surface area contributed by atoms with Crippen LogP contribution in [0.2, 0.25) is 0 Å². The van der Waals surface area contributed by atoms with Gasteiger partial charge in [-0.2, -0.15) is 0 Å². The fraction of sp³-hybridized carbons (Fsp3) is 0.375. The third-order valence-corrected chi connectivity index (χ3v) is 3.18. The lowest BCUT2D eigenvalue weighted by molar-refractivity contribution is 0.0922. The lowest BCUT2D eigenvalue weighted by Crippen LogP contribution is -2.26. The molecule has 6 nitrogen and oxygen atoms in total. The van der Waals surface area contributed by atoms with Crippen molar-refractivity contribution in [3.63, 3.8) is 0 Å². The fourth-order valence-corrected chi connectivity index (χ4v) is 2.03. The summed E-state index contributed by atoms with van der Waals surface area (Å²) in [5.74, 6) is 0.612. The number of nitrogens with one attached hydrogen (secondary N) is 1. The summed E-state index contributed by atoms with van der Waals surface area (Å²) in [6.45, 7) is 1.83. The van der Waals surface area contributed by atoms with Crippen LogP contribution in [0.4, 0.5) is 0 Å². The summed E-state index contributed by atoms with van der Waals surface area (Å²) >= 11 is 0. The second kappa shape index (κ2) is 7.61. The summed E-state index contributed by atoms with van der Waals surface area (Å²) in [5, 5.41) is 2.82. The fourth-order valence-electron chi connectivity index (χ4n) is 2.03. The highest BCUT2D eigenvalue weighted by Crippen LogP contribution is 2.09. The highest BCUT2D eigenvalue weighted by molar-refractivity contribution is 5.91. The van der Waals surface area contributed by atoms with Crippen LogP contribution in [0.25, 0.3) is 0 Å². The van der Waals surface area contributed by atoms with Gasteiger partial charge < -0.3 is 19.2 Å². The van der Waals surface area contributed by atoms with E-state index in [0.717, 1.165) is 13.0 Å². The maximum Gasteiger partial charge on any atom is 0.286 e. The molecule has 2 heterocycles. The summed E-state index contributed by atoms with van der Waals surface area (Å²) in [6, 6.07) is 8.30. The number of amides is 1. The first-order chi connectivity index (χ1) is 10.6. The van der Waals surface area contributed by atoms with E-state index >= 15 is 0 Å². The topological polar surface area (TPSA) is 67.5 Å². The van der Waals surface area contributed by atoms with Crippen molar-refractivity contribution >= 4 is 5.91 Å². The Labute approximate surface area is 129 Å². The van der Waals surface area contributed by atoms with Gasteiger partial charge in [-0.3, -0.25) is 9.59 Å². The first-order valence-corrected chi connectivity index (χ1v) is 7.23. The quantitative estimate of drug-likeness (QED) is 0.780. The molecule has 2 aromatic rings. The average Bonchev–Trinajstić information content (AvgIpc) is 2.94. The van der Waals surface area contributed by atoms with Crippen molar-refractivity contribution in [3.8, 4) is 0 Å². The molecule has 0 aliphatic rings. The minimum atomic E-state index is -0.231. The van der Waals surface area contributed by atoms with Gasteiger partial charge in [0.1, 0.15) is 5.76 Å². The van der Waals surface area contributed by atoms with Gasteiger partial charge in [0.2, 0.25) is 0 Å². The molecule has 0 bridgehead atoms. The number of hydrogen-bond donors (Lipinski definition) is 1. The summed E-state index contributed by atoms with van der Waals surface area (Å²) < 4.78 is 7.03. The van der Waals surface area contributed by atoms with Crippen LogP contribution >= 0.6 is 0 Å². The van der Waals surface area contributed by atoms with Crippen LogP contribution in [0.15, 0.2) is 45.7 Å². The predicted molar refractivity (Wildman–Crippen MR) is 84.0 cm³/mol. The molecule has 2 rings (SSSR count). The van der Waals surface area contributed by atoms with E-state index in [-0.39, 0.29) is 17.2 Å². The number of aromatic nitrogens is 1. The van der Waals surface area contributed by atoms with Crippen LogP contribution in [0.5, 0.6) is 0 Å². The lowest BCUT2D eigenvalue weighted by Gasteiger charge is -2.09. The maximum absolute atomic E-state index is 11.9. The standard InChI is InChI=1S/C16H21N3O3/c1-18(2)10-5-9-17-16(21)14-8-7-13(22-14)12-19-11-4-3-6-15(19)20/h3-4,6-8,11H,5,9-10,12H2,1-2H3,(H,17,21). The largest absolute Gasteiger partial charge is 0.454 e. The smallest absolute Gasteiger partial charge is 0.286 e. The highest BCUT2D eigenvalue weighted by Gasteiger charge is 2.11. The van der Waals surface area contributed by atoms with E-state index in [2.05, 4.69) is 10.2 Å². The molecular weight excluding hydrogens is 282 g/mol. The molecule has 2 aromatic heterocycles. The maximum atomic E-state index is 11.9. The average molecular weight is 303 g/mol. The molecule has 0 saturated carbocycles. The van der Waals surface area contributed by atoms with Crippen molar-refractivity contribution < 1.29 is 9.21 Å². The van der Waals surface area contributed by atoms with Gasteiger partial charge in [0.25, 0.3) is 11.5 Å². The van der Waals surface area contributed by atoms with E-state index in [1.165, 1.54) is 10.6 Å². The van der Waals surface area contributed by atoms with Crippen LogP contribution in [-0.4, -0.2) is 42.6 Å². The van der Waals surface area contributed by atoms with Gasteiger partial charge in [-0.1, -0.05) is 6.07 Å². The van der Waals surface area contributed by atoms with E-state index in [9.17, 15) is 9.59 Å². The van der Waals surface area contributed by atoms with Gasteiger partial charge in [-0.15, -0.1) is 0 Å². The zero-order valence-corrected chi connectivity index (χ0v) is 12.9. The summed E-state index contributed by atoms with van der Waals surface area (Å²) in [6.07, 6.45) is 2.57. The van der Waals surface area contributed by atoms with E-state index in [1.54, 1.807) is 30.5 Å². The molecule has 0 radical (unpaired) electrons. The molecular formula is C16H21N3O3. The van der Waals surface area contributed by atoms with Crippen molar-refractivity contribution in [1.29, 1.82) is 0 Å². The molecule has 6 heteroatoms. The normalized spacial score (nSPS) is 10.9. The summed E-state index contributed by atoms with van der Waals surface area (Å²) in [4.78, 5) is 25.6. The van der Waals surface area contributed by atoms with Crippen LogP contribution < -0.4 is 10.9 Å². The molecule has 1 amide bonds. The number of carbonyl (C=O) groups is 1. The molecule has 118 valence electrons. The number of furan rings is 1. The molecule has 0 aliphatic carbocycles. The summed E-state index contributed by atoms with van der Waals surface area (Å²) in [5.41, 5.74) is -0.103. The van der Waals surface area contributed by atoms with Crippen LogP contribution in [0.1, 0.15) is 22.7 Å². The molecule has 0 atom stereocenters. The Kier molecular flexibility index (Phi) is 5.55. The van der Waals surface area contributed by atoms with Crippen molar-refractivity contribution in [3.05, 3.63) is 58.4 Å². The molecule has 22 heavy (non-hydrogen) atoms. The minimum absolute atomic E-state index is 0.103. The Morgan fingerprint density at radius 2 is 2.09 bits per heavy atom. The molecule has 0 saturated heterocycles. The van der Waals surface area contributed by atoms with Gasteiger partial charge in [0, 0.05) is 18.8 Å². The zero-order valence-electron chi connectivity index (χ0n) is 12.9. The number of nitrogens with zero attached hydrogens (tertiary/aromatic N) is 2. The first-order valence-electron chi connectivity index (χ1n) is 7.23. The second-order valence-corrected chi connectivity index (χ2v) is 5.35. The Morgan fingerprint density at radius 1 is 1.27 bits per heavy atom. The van der Waals surface area contributed by atoms with E-state index in [4.69, 9.17) is 4.42 Å². The highest BCUT2D eigenvalue weighted by atomic mass is 16.4. The van der Waals surface area contributed by atoms with Crippen molar-refractivity contribution in [2.75, 3.05) is 27.2 Å². The van der Waals surface area contributed by atoms with Gasteiger partial charge in [0.15, 0.2) is 5.76 Å². The Morgan fingerprint density at radius 3 is 2.82 bits per heavy atom. The van der Waals surface area contributed by atoms with Crippen molar-refractivity contribution in [1.82, 2.24) is 14.8 Å². The third-order valence-electron chi connectivity index (χ3n) is 3.18. The number of carbonyl (C=O) groups excluding carboxylic acids is 1. The van der Waals surface area contributed by atoms with Crippen LogP contribution in [0, 0.1) is 0 Å². The molecule has 1 N–H and O–H groups in total. The first kappa shape index (κ1) is 16.0. The second-order valence-electron chi connectivity index (χ2n) is 5.35. The Hall–Kier alpha value is -2.34. The van der Waals surface area contributed by atoms with Gasteiger partial charge in [-0.05, 0) is 45.3 Å². The number of pyridine rings is 1. The molecule has 0 fully saturated rings. The lowest BCUT2D eigenvalue weighted by atomic mass is 10.3. The molecule has 0 spiro atoms. The SMILES string of the molecule is CN(C)CCCNC(=O)c1ccc(Cn2ccccc2=O)o1. The van der Waals surface area contributed by atoms with Gasteiger partial charge in [-0.25, -0.2) is 0 Å². The predicted octanol–water partition coefficient (Wildman–Crippen LogP) is 1.17. The molecule has 0 aromatic carbocycles. The monoisotopic (exact) mass is 303 g/mol. The van der Waals surface area contributed by atoms with E-state index in [0.29, 0.717) is 18.8 Å². The van der Waals surface area contributed by atoms with Crippen LogP contribution in [0.3, 0.4) is 0 Å². The Balaban J connectivity index is 1.89. The van der Waals surface area contributed by atoms with Crippen molar-refractivity contribution in [2.45, 2.75) is 13.0 Å². The molecule has 0 unspecified atom stereocenters. The van der Waals surface area contributed by atoms with E-state index in [1.807, 2.05) is 14.1 Å².